The van der Waals surface area contributed by atoms with Crippen molar-refractivity contribution in [3.63, 3.8) is 0 Å². The molecule has 30 heavy (non-hydrogen) atoms. The zero-order chi connectivity index (χ0) is 21.2. The number of benzene rings is 1. The number of fused-ring (bicyclic) bond motifs is 8. The van der Waals surface area contributed by atoms with E-state index >= 15 is 0 Å². The largest absolute Gasteiger partial charge is 0.493 e. The van der Waals surface area contributed by atoms with Crippen LogP contribution in [0.2, 0.25) is 0 Å². The number of ether oxygens (including phenoxy) is 2. The fraction of sp³-hybridized carbons (Fsp3) is 0.524. The van der Waals surface area contributed by atoms with Gasteiger partial charge in [-0.25, -0.2) is 4.79 Å². The smallest absolute Gasteiger partial charge is 0.354 e. The van der Waals surface area contributed by atoms with Crippen molar-refractivity contribution < 1.29 is 33.8 Å². The van der Waals surface area contributed by atoms with E-state index in [9.17, 15) is 19.5 Å². The van der Waals surface area contributed by atoms with Gasteiger partial charge in [-0.15, -0.1) is 0 Å². The first-order chi connectivity index (χ1) is 14.5. The van der Waals surface area contributed by atoms with Gasteiger partial charge in [0.05, 0.1) is 32.0 Å². The minimum Gasteiger partial charge on any atom is -0.493 e. The van der Waals surface area contributed by atoms with Gasteiger partial charge < -0.3 is 19.4 Å². The quantitative estimate of drug-likeness (QED) is 0.689. The maximum Gasteiger partial charge on any atom is 0.354 e. The Kier molecular flexibility index (Phi) is 4.23. The van der Waals surface area contributed by atoms with Gasteiger partial charge in [0.2, 0.25) is 11.8 Å². The predicted octanol–water partition coefficient (Wildman–Crippen LogP) is 0.953. The number of methoxy groups -OCH3 is 2. The lowest BCUT2D eigenvalue weighted by Gasteiger charge is -2.29. The van der Waals surface area contributed by atoms with Crippen LogP contribution in [-0.2, 0) is 25.6 Å². The molecule has 9 nitrogen and oxygen atoms in total. The summed E-state index contributed by atoms with van der Waals surface area (Å²) in [5.74, 6) is -1.96. The minimum atomic E-state index is -1.12. The van der Waals surface area contributed by atoms with Crippen LogP contribution < -0.4 is 9.47 Å². The molecule has 6 atom stereocenters. The number of nitrogens with zero attached hydrogens (tertiary/aromatic N) is 2. The van der Waals surface area contributed by atoms with Crippen molar-refractivity contribution in [2.24, 2.45) is 34.7 Å². The molecule has 2 aliphatic carbocycles. The van der Waals surface area contributed by atoms with E-state index in [0.29, 0.717) is 24.3 Å². The molecular formula is C21H22N2O7. The standard InChI is InChI=1S/C21H22N2O7/c1-28-12-4-3-9(7-13(12)29-2)5-6-23-19(24)14-10-8-11(15(14)20(23)25)18-16(10)17(21(26)27)22-30-18/h3-4,7,10-11,14-16,18H,5-6,8H2,1-2H3,(H,26,27)/t10-,11+,14-,15-,16+,18-/m0/s1. The summed E-state index contributed by atoms with van der Waals surface area (Å²) in [6, 6.07) is 5.51. The summed E-state index contributed by atoms with van der Waals surface area (Å²) in [4.78, 5) is 44.4. The average Bonchev–Trinajstić information content (AvgIpc) is 3.47. The third-order valence-electron chi connectivity index (χ3n) is 7.07. The second kappa shape index (κ2) is 6.72. The Hall–Kier alpha value is -3.10. The Morgan fingerprint density at radius 2 is 1.83 bits per heavy atom. The van der Waals surface area contributed by atoms with Crippen LogP contribution in [0.4, 0.5) is 0 Å². The maximum atomic E-state index is 13.1. The van der Waals surface area contributed by atoms with Gasteiger partial charge in [0.15, 0.2) is 17.2 Å². The van der Waals surface area contributed by atoms with Gasteiger partial charge in [-0.2, -0.15) is 0 Å². The van der Waals surface area contributed by atoms with Crippen LogP contribution in [0.15, 0.2) is 23.4 Å². The molecule has 0 aromatic heterocycles. The van der Waals surface area contributed by atoms with Gasteiger partial charge in [0, 0.05) is 12.5 Å². The molecule has 1 N–H and O–H groups in total. The van der Waals surface area contributed by atoms with Gasteiger partial charge in [-0.1, -0.05) is 11.2 Å². The van der Waals surface area contributed by atoms with Crippen LogP contribution in [0.25, 0.3) is 0 Å². The third kappa shape index (κ3) is 2.47. The Balaban J connectivity index is 1.33. The number of hydrogen-bond acceptors (Lipinski definition) is 7. The number of hydrogen-bond donors (Lipinski definition) is 1. The van der Waals surface area contributed by atoms with Gasteiger partial charge in [0.25, 0.3) is 0 Å². The molecule has 2 bridgehead atoms. The van der Waals surface area contributed by atoms with Gasteiger partial charge in [-0.3, -0.25) is 14.5 Å². The van der Waals surface area contributed by atoms with E-state index < -0.39 is 29.8 Å². The number of carboxylic acid groups (broad SMARTS) is 1. The average molecular weight is 414 g/mol. The number of carbonyl (C=O) groups excluding carboxylic acids is 2. The first kappa shape index (κ1) is 18.9. The highest BCUT2D eigenvalue weighted by molar-refractivity contribution is 6.37. The summed E-state index contributed by atoms with van der Waals surface area (Å²) in [6.07, 6.45) is 0.723. The van der Waals surface area contributed by atoms with E-state index in [1.807, 2.05) is 12.1 Å². The summed E-state index contributed by atoms with van der Waals surface area (Å²) >= 11 is 0. The lowest BCUT2D eigenvalue weighted by Crippen LogP contribution is -2.42. The summed E-state index contributed by atoms with van der Waals surface area (Å²) in [6.45, 7) is 0.273. The lowest BCUT2D eigenvalue weighted by atomic mass is 9.72. The molecule has 0 spiro atoms. The normalized spacial score (nSPS) is 33.3. The summed E-state index contributed by atoms with van der Waals surface area (Å²) in [5.41, 5.74) is 0.906. The Morgan fingerprint density at radius 3 is 2.50 bits per heavy atom. The molecule has 9 heteroatoms. The third-order valence-corrected chi connectivity index (χ3v) is 7.07. The predicted molar refractivity (Wildman–Crippen MR) is 102 cm³/mol. The molecule has 0 unspecified atom stereocenters. The number of amides is 2. The highest BCUT2D eigenvalue weighted by Gasteiger charge is 2.70. The van der Waals surface area contributed by atoms with E-state index in [1.54, 1.807) is 20.3 Å². The van der Waals surface area contributed by atoms with Crippen LogP contribution in [-0.4, -0.2) is 60.4 Å². The Labute approximate surface area is 172 Å². The number of imide groups is 1. The minimum absolute atomic E-state index is 0.0185. The number of oxime groups is 1. The maximum absolute atomic E-state index is 13.1. The van der Waals surface area contributed by atoms with Crippen molar-refractivity contribution >= 4 is 23.5 Å². The molecule has 3 fully saturated rings. The fourth-order valence-electron chi connectivity index (χ4n) is 5.86. The molecule has 2 amide bonds. The summed E-state index contributed by atoms with van der Waals surface area (Å²) < 4.78 is 10.6. The number of likely N-dealkylation sites (tertiary alicyclic amines) is 1. The van der Waals surface area contributed by atoms with Crippen molar-refractivity contribution in [3.05, 3.63) is 23.8 Å². The van der Waals surface area contributed by atoms with Crippen LogP contribution in [0.5, 0.6) is 11.5 Å². The number of aliphatic carboxylic acids is 1. The molecular weight excluding hydrogens is 392 g/mol. The topological polar surface area (TPSA) is 115 Å². The molecule has 4 aliphatic rings. The highest BCUT2D eigenvalue weighted by atomic mass is 16.6. The monoisotopic (exact) mass is 414 g/mol. The summed E-state index contributed by atoms with van der Waals surface area (Å²) in [5, 5.41) is 13.1. The SMILES string of the molecule is COc1ccc(CCN2C(=O)[C@H]3[C@@H]4C[C@@H]([C@@H]5ON=C(C(=O)O)[C@@H]45)[C@@H]3C2=O)cc1OC. The molecule has 0 radical (unpaired) electrons. The molecule has 5 rings (SSSR count). The molecule has 158 valence electrons. The van der Waals surface area contributed by atoms with Crippen molar-refractivity contribution in [2.45, 2.75) is 18.9 Å². The van der Waals surface area contributed by atoms with Crippen molar-refractivity contribution in [3.8, 4) is 11.5 Å². The van der Waals surface area contributed by atoms with Crippen LogP contribution >= 0.6 is 0 Å². The van der Waals surface area contributed by atoms with E-state index in [1.165, 1.54) is 4.90 Å². The first-order valence-corrected chi connectivity index (χ1v) is 9.99. The van der Waals surface area contributed by atoms with E-state index in [2.05, 4.69) is 5.16 Å². The van der Waals surface area contributed by atoms with Crippen molar-refractivity contribution in [2.75, 3.05) is 20.8 Å². The zero-order valence-corrected chi connectivity index (χ0v) is 16.6. The first-order valence-electron chi connectivity index (χ1n) is 9.99. The number of carbonyl (C=O) groups is 3. The van der Waals surface area contributed by atoms with Crippen LogP contribution in [0.1, 0.15) is 12.0 Å². The van der Waals surface area contributed by atoms with Gasteiger partial charge >= 0.3 is 5.97 Å². The van der Waals surface area contributed by atoms with E-state index in [-0.39, 0.29) is 35.9 Å². The molecule has 2 heterocycles. The fourth-order valence-corrected chi connectivity index (χ4v) is 5.86. The van der Waals surface area contributed by atoms with Crippen LogP contribution in [0.3, 0.4) is 0 Å². The second-order valence-corrected chi connectivity index (χ2v) is 8.26. The highest BCUT2D eigenvalue weighted by Crippen LogP contribution is 2.61. The Morgan fingerprint density at radius 1 is 1.13 bits per heavy atom. The second-order valence-electron chi connectivity index (χ2n) is 8.26. The zero-order valence-electron chi connectivity index (χ0n) is 16.6. The molecule has 2 aliphatic heterocycles. The summed E-state index contributed by atoms with van der Waals surface area (Å²) in [7, 11) is 3.12. The van der Waals surface area contributed by atoms with Gasteiger partial charge in [0.1, 0.15) is 6.10 Å². The van der Waals surface area contributed by atoms with Crippen molar-refractivity contribution in [1.29, 1.82) is 0 Å². The number of carboxylic acids is 1. The molecule has 1 aromatic rings. The molecule has 1 aromatic carbocycles. The Bertz CT molecular complexity index is 974. The van der Waals surface area contributed by atoms with Gasteiger partial charge in [-0.05, 0) is 36.5 Å². The number of rotatable bonds is 6. The molecule has 1 saturated heterocycles. The lowest BCUT2D eigenvalue weighted by molar-refractivity contribution is -0.141. The molecule has 2 saturated carbocycles. The van der Waals surface area contributed by atoms with Crippen LogP contribution in [0, 0.1) is 29.6 Å². The van der Waals surface area contributed by atoms with Crippen molar-refractivity contribution in [1.82, 2.24) is 4.90 Å². The van der Waals surface area contributed by atoms with E-state index in [4.69, 9.17) is 14.3 Å². The van der Waals surface area contributed by atoms with E-state index in [0.717, 1.165) is 5.56 Å².